The minimum absolute atomic E-state index is 0.0967. The number of phenolic OH excluding ortho intramolecular Hbond substituents is 1. The van der Waals surface area contributed by atoms with Crippen LogP contribution in [0.15, 0.2) is 36.4 Å². The lowest BCUT2D eigenvalue weighted by Gasteiger charge is -2.09. The molecule has 0 aliphatic rings. The van der Waals surface area contributed by atoms with Crippen LogP contribution < -0.4 is 4.74 Å². The van der Waals surface area contributed by atoms with Crippen LogP contribution in [0.5, 0.6) is 11.5 Å². The maximum atomic E-state index is 11.7. The SMILES string of the molecule is CCC(C)C(=O)Oc1ccc2cc(O)ccc2c1. The molecule has 0 aliphatic carbocycles. The highest BCUT2D eigenvalue weighted by Crippen LogP contribution is 2.24. The highest BCUT2D eigenvalue weighted by atomic mass is 16.5. The zero-order valence-electron chi connectivity index (χ0n) is 10.5. The van der Waals surface area contributed by atoms with Crippen LogP contribution in [-0.2, 0) is 4.79 Å². The average Bonchev–Trinajstić information content (AvgIpc) is 2.38. The summed E-state index contributed by atoms with van der Waals surface area (Å²) in [4.78, 5) is 11.7. The van der Waals surface area contributed by atoms with E-state index < -0.39 is 0 Å². The smallest absolute Gasteiger partial charge is 0.314 e. The molecule has 0 saturated carbocycles. The number of aromatic hydroxyl groups is 1. The first-order valence-corrected chi connectivity index (χ1v) is 6.04. The predicted molar refractivity (Wildman–Crippen MR) is 70.7 cm³/mol. The van der Waals surface area contributed by atoms with E-state index in [1.54, 1.807) is 30.3 Å². The van der Waals surface area contributed by atoms with Crippen molar-refractivity contribution in [3.63, 3.8) is 0 Å². The van der Waals surface area contributed by atoms with Crippen molar-refractivity contribution in [3.05, 3.63) is 36.4 Å². The van der Waals surface area contributed by atoms with Crippen LogP contribution in [0.3, 0.4) is 0 Å². The minimum Gasteiger partial charge on any atom is -0.508 e. The van der Waals surface area contributed by atoms with Gasteiger partial charge in [-0.05, 0) is 41.5 Å². The summed E-state index contributed by atoms with van der Waals surface area (Å²) in [6.45, 7) is 3.80. The molecule has 1 unspecified atom stereocenters. The molecule has 1 N–H and O–H groups in total. The van der Waals surface area contributed by atoms with E-state index in [0.29, 0.717) is 5.75 Å². The van der Waals surface area contributed by atoms with Crippen LogP contribution >= 0.6 is 0 Å². The topological polar surface area (TPSA) is 46.5 Å². The summed E-state index contributed by atoms with van der Waals surface area (Å²) in [5, 5.41) is 11.2. The van der Waals surface area contributed by atoms with Gasteiger partial charge in [-0.25, -0.2) is 0 Å². The first-order valence-electron chi connectivity index (χ1n) is 6.04. The van der Waals surface area contributed by atoms with E-state index in [4.69, 9.17) is 4.74 Å². The molecule has 0 aromatic heterocycles. The molecule has 0 aliphatic heterocycles. The van der Waals surface area contributed by atoms with Gasteiger partial charge in [-0.1, -0.05) is 26.0 Å². The molecule has 3 heteroatoms. The van der Waals surface area contributed by atoms with E-state index in [-0.39, 0.29) is 17.6 Å². The van der Waals surface area contributed by atoms with Gasteiger partial charge < -0.3 is 9.84 Å². The van der Waals surface area contributed by atoms with Crippen molar-refractivity contribution in [1.29, 1.82) is 0 Å². The first kappa shape index (κ1) is 12.4. The Morgan fingerprint density at radius 1 is 1.22 bits per heavy atom. The third kappa shape index (κ3) is 2.62. The van der Waals surface area contributed by atoms with Gasteiger partial charge in [0.25, 0.3) is 0 Å². The number of ether oxygens (including phenoxy) is 1. The number of carbonyl (C=O) groups is 1. The van der Waals surface area contributed by atoms with Gasteiger partial charge >= 0.3 is 5.97 Å². The highest BCUT2D eigenvalue weighted by molar-refractivity contribution is 5.86. The van der Waals surface area contributed by atoms with Gasteiger partial charge in [-0.2, -0.15) is 0 Å². The summed E-state index contributed by atoms with van der Waals surface area (Å²) >= 11 is 0. The molecule has 94 valence electrons. The molecule has 1 atom stereocenters. The molecule has 18 heavy (non-hydrogen) atoms. The van der Waals surface area contributed by atoms with Gasteiger partial charge in [-0.15, -0.1) is 0 Å². The fourth-order valence-electron chi connectivity index (χ4n) is 1.66. The zero-order chi connectivity index (χ0) is 13.1. The maximum absolute atomic E-state index is 11.7. The fourth-order valence-corrected chi connectivity index (χ4v) is 1.66. The Balaban J connectivity index is 2.25. The van der Waals surface area contributed by atoms with E-state index in [1.807, 2.05) is 19.9 Å². The molecule has 2 aromatic rings. The van der Waals surface area contributed by atoms with Crippen molar-refractivity contribution >= 4 is 16.7 Å². The molecule has 0 heterocycles. The summed E-state index contributed by atoms with van der Waals surface area (Å²) in [5.41, 5.74) is 0. The van der Waals surface area contributed by atoms with Crippen LogP contribution in [0, 0.1) is 5.92 Å². The number of fused-ring (bicyclic) bond motifs is 1. The minimum atomic E-state index is -0.212. The van der Waals surface area contributed by atoms with Gasteiger partial charge in [0.2, 0.25) is 0 Å². The molecule has 0 bridgehead atoms. The number of esters is 1. The standard InChI is InChI=1S/C15H16O3/c1-3-10(2)15(17)18-14-7-5-11-8-13(16)6-4-12(11)9-14/h4-10,16H,3H2,1-2H3. The van der Waals surface area contributed by atoms with E-state index in [0.717, 1.165) is 17.2 Å². The molecule has 0 amide bonds. The van der Waals surface area contributed by atoms with Gasteiger partial charge in [0.1, 0.15) is 11.5 Å². The van der Waals surface area contributed by atoms with Crippen LogP contribution in [0.1, 0.15) is 20.3 Å². The van der Waals surface area contributed by atoms with E-state index in [9.17, 15) is 9.90 Å². The van der Waals surface area contributed by atoms with Crippen molar-refractivity contribution in [3.8, 4) is 11.5 Å². The van der Waals surface area contributed by atoms with Crippen LogP contribution in [0.4, 0.5) is 0 Å². The van der Waals surface area contributed by atoms with E-state index >= 15 is 0 Å². The summed E-state index contributed by atoms with van der Waals surface area (Å²) in [6, 6.07) is 10.5. The quantitative estimate of drug-likeness (QED) is 0.664. The normalized spacial score (nSPS) is 12.3. The highest BCUT2D eigenvalue weighted by Gasteiger charge is 2.13. The third-order valence-corrected chi connectivity index (χ3v) is 3.03. The Morgan fingerprint density at radius 3 is 2.61 bits per heavy atom. The van der Waals surface area contributed by atoms with Crippen molar-refractivity contribution in [2.75, 3.05) is 0 Å². The van der Waals surface area contributed by atoms with Crippen LogP contribution in [0.25, 0.3) is 10.8 Å². The molecule has 2 aromatic carbocycles. The number of carbonyl (C=O) groups excluding carboxylic acids is 1. The average molecular weight is 244 g/mol. The van der Waals surface area contributed by atoms with Crippen molar-refractivity contribution in [1.82, 2.24) is 0 Å². The summed E-state index contributed by atoms with van der Waals surface area (Å²) in [6.07, 6.45) is 0.764. The molecule has 3 nitrogen and oxygen atoms in total. The molecule has 2 rings (SSSR count). The Bertz CT molecular complexity index is 575. The Morgan fingerprint density at radius 2 is 1.89 bits per heavy atom. The Labute approximate surface area is 106 Å². The monoisotopic (exact) mass is 244 g/mol. The second-order valence-electron chi connectivity index (χ2n) is 4.42. The number of hydrogen-bond acceptors (Lipinski definition) is 3. The van der Waals surface area contributed by atoms with Crippen LogP contribution in [0.2, 0.25) is 0 Å². The third-order valence-electron chi connectivity index (χ3n) is 3.03. The van der Waals surface area contributed by atoms with Crippen molar-refractivity contribution in [2.24, 2.45) is 5.92 Å². The van der Waals surface area contributed by atoms with Gasteiger partial charge in [0.15, 0.2) is 0 Å². The molecular formula is C15H16O3. The number of benzene rings is 2. The molecule has 0 radical (unpaired) electrons. The number of hydrogen-bond donors (Lipinski definition) is 1. The number of phenols is 1. The lowest BCUT2D eigenvalue weighted by molar-refractivity contribution is -0.138. The van der Waals surface area contributed by atoms with E-state index in [2.05, 4.69) is 0 Å². The summed E-state index contributed by atoms with van der Waals surface area (Å²) in [7, 11) is 0. The van der Waals surface area contributed by atoms with Crippen molar-refractivity contribution < 1.29 is 14.6 Å². The first-order chi connectivity index (χ1) is 8.60. The van der Waals surface area contributed by atoms with Crippen molar-refractivity contribution in [2.45, 2.75) is 20.3 Å². The lowest BCUT2D eigenvalue weighted by Crippen LogP contribution is -2.16. The Hall–Kier alpha value is -2.03. The largest absolute Gasteiger partial charge is 0.508 e. The summed E-state index contributed by atoms with van der Waals surface area (Å²) < 4.78 is 5.30. The maximum Gasteiger partial charge on any atom is 0.314 e. The second-order valence-corrected chi connectivity index (χ2v) is 4.42. The van der Waals surface area contributed by atoms with Gasteiger partial charge in [0.05, 0.1) is 5.92 Å². The van der Waals surface area contributed by atoms with E-state index in [1.165, 1.54) is 0 Å². The summed E-state index contributed by atoms with van der Waals surface area (Å²) in [5.74, 6) is 0.460. The van der Waals surface area contributed by atoms with Gasteiger partial charge in [0, 0.05) is 0 Å². The lowest BCUT2D eigenvalue weighted by atomic mass is 10.1. The van der Waals surface area contributed by atoms with Gasteiger partial charge in [-0.3, -0.25) is 4.79 Å². The zero-order valence-corrected chi connectivity index (χ0v) is 10.5. The second kappa shape index (κ2) is 5.08. The molecular weight excluding hydrogens is 228 g/mol. The number of rotatable bonds is 3. The van der Waals surface area contributed by atoms with Crippen LogP contribution in [-0.4, -0.2) is 11.1 Å². The molecule has 0 saturated heterocycles. The fraction of sp³-hybridized carbons (Fsp3) is 0.267. The predicted octanol–water partition coefficient (Wildman–Crippen LogP) is 3.50. The molecule has 0 fully saturated rings. The molecule has 0 spiro atoms. The Kier molecular flexibility index (Phi) is 3.51.